The quantitative estimate of drug-likeness (QED) is 0.207. The minimum atomic E-state index is -0.699. The van der Waals surface area contributed by atoms with Gasteiger partial charge in [0.05, 0.1) is 41.7 Å². The van der Waals surface area contributed by atoms with Gasteiger partial charge in [0.1, 0.15) is 22.4 Å². The van der Waals surface area contributed by atoms with Crippen molar-refractivity contribution >= 4 is 47.3 Å². The first-order valence-corrected chi connectivity index (χ1v) is 17.7. The molecule has 4 amide bonds. The number of anilines is 2. The zero-order valence-corrected chi connectivity index (χ0v) is 32.9. The number of alkyl carbamates (subject to hydrolysis) is 4. The van der Waals surface area contributed by atoms with Crippen LogP contribution in [0.1, 0.15) is 95.9 Å². The number of halogens is 1. The highest BCUT2D eigenvalue weighted by Gasteiger charge is 2.35. The standard InChI is InChI=1S/C35H58ClN7O8/c1-32(2,3)48-28(44)38-21-13-22(39-29(45)49-33(4,5)6)18-42(17-21)25-15-26(27(36)37-16-25)43-19-23(40-30(46)50-34(7,8)9)14-24(20-43)41-31(47)51-35(10,11)12/h15-16,21-24H,13-14,17-20H2,1-12H3,(H,38,44)(H,39,45)(H,40,46)(H,41,47). The van der Waals surface area contributed by atoms with Crippen molar-refractivity contribution in [3.8, 4) is 0 Å². The summed E-state index contributed by atoms with van der Waals surface area (Å²) in [4.78, 5) is 59.6. The highest BCUT2D eigenvalue weighted by Crippen LogP contribution is 2.32. The Morgan fingerprint density at radius 2 is 0.882 bits per heavy atom. The Morgan fingerprint density at radius 1 is 0.588 bits per heavy atom. The van der Waals surface area contributed by atoms with Crippen LogP contribution < -0.4 is 31.1 Å². The summed E-state index contributed by atoms with van der Waals surface area (Å²) >= 11 is 6.73. The molecule has 3 heterocycles. The van der Waals surface area contributed by atoms with Crippen molar-refractivity contribution in [3.05, 3.63) is 17.4 Å². The van der Waals surface area contributed by atoms with Crippen LogP contribution in [-0.4, -0.2) is 102 Å². The fourth-order valence-corrected chi connectivity index (χ4v) is 5.96. The summed E-state index contributed by atoms with van der Waals surface area (Å²) in [5.41, 5.74) is -1.53. The number of carbonyl (C=O) groups excluding carboxylic acids is 4. The van der Waals surface area contributed by atoms with E-state index in [1.807, 2.05) is 15.9 Å². The molecule has 2 aliphatic heterocycles. The third-order valence-electron chi connectivity index (χ3n) is 7.30. The summed E-state index contributed by atoms with van der Waals surface area (Å²) in [6.07, 6.45) is 0.185. The minimum absolute atomic E-state index is 0.219. The van der Waals surface area contributed by atoms with Crippen LogP contribution in [-0.2, 0) is 18.9 Å². The van der Waals surface area contributed by atoms with Crippen molar-refractivity contribution in [2.45, 2.75) is 142 Å². The van der Waals surface area contributed by atoms with Crippen LogP contribution in [0.3, 0.4) is 0 Å². The van der Waals surface area contributed by atoms with Gasteiger partial charge < -0.3 is 50.0 Å². The molecule has 0 radical (unpaired) electrons. The van der Waals surface area contributed by atoms with Gasteiger partial charge in [-0.1, -0.05) is 11.6 Å². The molecule has 4 unspecified atom stereocenters. The Kier molecular flexibility index (Phi) is 13.2. The number of hydrogen-bond acceptors (Lipinski definition) is 11. The van der Waals surface area contributed by atoms with Gasteiger partial charge in [-0.05, 0) is 102 Å². The zero-order chi connectivity index (χ0) is 38.5. The Hall–Kier alpha value is -3.88. The van der Waals surface area contributed by atoms with E-state index in [0.29, 0.717) is 50.4 Å². The van der Waals surface area contributed by atoms with Crippen LogP contribution in [0.2, 0.25) is 5.15 Å². The lowest BCUT2D eigenvalue weighted by atomic mass is 9.99. The molecular formula is C35H58ClN7O8. The lowest BCUT2D eigenvalue weighted by Gasteiger charge is -2.41. The van der Waals surface area contributed by atoms with E-state index in [9.17, 15) is 19.2 Å². The summed E-state index contributed by atoms with van der Waals surface area (Å²) in [5.74, 6) is 0. The van der Waals surface area contributed by atoms with Crippen molar-refractivity contribution in [3.63, 3.8) is 0 Å². The van der Waals surface area contributed by atoms with E-state index in [4.69, 9.17) is 30.5 Å². The molecule has 4 N–H and O–H groups in total. The van der Waals surface area contributed by atoms with Gasteiger partial charge >= 0.3 is 24.4 Å². The Balaban J connectivity index is 1.91. The first-order chi connectivity index (χ1) is 23.2. The highest BCUT2D eigenvalue weighted by atomic mass is 35.5. The van der Waals surface area contributed by atoms with Crippen molar-refractivity contribution < 1.29 is 38.1 Å². The van der Waals surface area contributed by atoms with E-state index in [1.165, 1.54) is 0 Å². The van der Waals surface area contributed by atoms with Gasteiger partial charge in [-0.15, -0.1) is 0 Å². The van der Waals surface area contributed by atoms with E-state index < -0.39 is 70.9 Å². The fraction of sp³-hybridized carbons (Fsp3) is 0.743. The van der Waals surface area contributed by atoms with Crippen molar-refractivity contribution in [1.82, 2.24) is 26.3 Å². The van der Waals surface area contributed by atoms with Crippen LogP contribution >= 0.6 is 11.6 Å². The molecule has 288 valence electrons. The molecule has 0 saturated carbocycles. The van der Waals surface area contributed by atoms with Crippen LogP contribution in [0.15, 0.2) is 12.3 Å². The zero-order valence-electron chi connectivity index (χ0n) is 32.2. The van der Waals surface area contributed by atoms with Crippen molar-refractivity contribution in [2.24, 2.45) is 0 Å². The number of hydrogen-bond donors (Lipinski definition) is 4. The first-order valence-electron chi connectivity index (χ1n) is 17.4. The van der Waals surface area contributed by atoms with Crippen molar-refractivity contribution in [2.75, 3.05) is 36.0 Å². The number of nitrogens with zero attached hydrogens (tertiary/aromatic N) is 3. The number of aromatic nitrogens is 1. The van der Waals surface area contributed by atoms with Gasteiger partial charge in [-0.25, -0.2) is 24.2 Å². The van der Waals surface area contributed by atoms with Gasteiger partial charge in [-0.2, -0.15) is 0 Å². The molecule has 2 fully saturated rings. The van der Waals surface area contributed by atoms with E-state index in [1.54, 1.807) is 89.3 Å². The lowest BCUT2D eigenvalue weighted by molar-refractivity contribution is 0.0452. The average molecular weight is 740 g/mol. The summed E-state index contributed by atoms with van der Waals surface area (Å²) in [5, 5.41) is 12.0. The second-order valence-corrected chi connectivity index (χ2v) is 17.5. The molecule has 4 atom stereocenters. The van der Waals surface area contributed by atoms with Gasteiger partial charge in [0.25, 0.3) is 0 Å². The summed E-state index contributed by atoms with van der Waals surface area (Å²) in [6, 6.07) is 0.233. The molecule has 51 heavy (non-hydrogen) atoms. The van der Waals surface area contributed by atoms with E-state index in [-0.39, 0.29) is 5.15 Å². The fourth-order valence-electron chi connectivity index (χ4n) is 5.74. The van der Waals surface area contributed by atoms with Gasteiger partial charge in [0.15, 0.2) is 5.15 Å². The number of pyridine rings is 1. The minimum Gasteiger partial charge on any atom is -0.444 e. The maximum Gasteiger partial charge on any atom is 0.407 e. The van der Waals surface area contributed by atoms with E-state index in [2.05, 4.69) is 26.3 Å². The Morgan fingerprint density at radius 3 is 1.18 bits per heavy atom. The van der Waals surface area contributed by atoms with Gasteiger partial charge in [-0.3, -0.25) is 0 Å². The molecule has 3 rings (SSSR count). The number of carbonyl (C=O) groups is 4. The molecule has 0 aromatic carbocycles. The maximum atomic E-state index is 12.8. The van der Waals surface area contributed by atoms with Crippen molar-refractivity contribution in [1.29, 1.82) is 0 Å². The molecule has 0 spiro atoms. The summed E-state index contributed by atoms with van der Waals surface area (Å²) in [7, 11) is 0. The monoisotopic (exact) mass is 739 g/mol. The van der Waals surface area contributed by atoms with E-state index in [0.717, 1.165) is 0 Å². The van der Waals surface area contributed by atoms with E-state index >= 15 is 0 Å². The second-order valence-electron chi connectivity index (χ2n) is 17.2. The van der Waals surface area contributed by atoms with Crippen LogP contribution in [0.5, 0.6) is 0 Å². The second kappa shape index (κ2) is 16.2. The third kappa shape index (κ3) is 15.1. The summed E-state index contributed by atoms with van der Waals surface area (Å²) in [6.45, 7) is 22.9. The number of rotatable bonds is 6. The Labute approximate surface area is 307 Å². The third-order valence-corrected chi connectivity index (χ3v) is 7.59. The normalized spacial score (nSPS) is 21.6. The molecule has 1 aromatic heterocycles. The van der Waals surface area contributed by atoms with Gasteiger partial charge in [0, 0.05) is 26.2 Å². The molecule has 2 aliphatic rings. The summed E-state index contributed by atoms with van der Waals surface area (Å²) < 4.78 is 22.0. The molecule has 16 heteroatoms. The predicted octanol–water partition coefficient (Wildman–Crippen LogP) is 5.73. The SMILES string of the molecule is CC(C)(C)OC(=O)NC1CC(NC(=O)OC(C)(C)C)CN(c2cnc(Cl)c(N3CC(NC(=O)OC(C)(C)C)CC(NC(=O)OC(C)(C)C)C3)c2)C1. The number of amides is 4. The molecule has 15 nitrogen and oxygen atoms in total. The van der Waals surface area contributed by atoms with Gasteiger partial charge in [0.2, 0.25) is 0 Å². The Bertz CT molecular complexity index is 1320. The largest absolute Gasteiger partial charge is 0.444 e. The van der Waals surface area contributed by atoms with Crippen LogP contribution in [0.4, 0.5) is 30.6 Å². The topological polar surface area (TPSA) is 173 Å². The predicted molar refractivity (Wildman–Crippen MR) is 196 cm³/mol. The highest BCUT2D eigenvalue weighted by molar-refractivity contribution is 6.32. The lowest BCUT2D eigenvalue weighted by Crippen LogP contribution is -2.58. The molecule has 0 bridgehead atoms. The first kappa shape index (κ1) is 41.5. The number of nitrogens with one attached hydrogen (secondary N) is 4. The average Bonchev–Trinajstić information content (AvgIpc) is 2.88. The van der Waals surface area contributed by atoms with Crippen LogP contribution in [0, 0.1) is 0 Å². The van der Waals surface area contributed by atoms with Crippen LogP contribution in [0.25, 0.3) is 0 Å². The molecular weight excluding hydrogens is 682 g/mol. The number of ether oxygens (including phenoxy) is 4. The molecule has 0 aliphatic carbocycles. The molecule has 2 saturated heterocycles. The maximum absolute atomic E-state index is 12.8. The smallest absolute Gasteiger partial charge is 0.407 e. The molecule has 1 aromatic rings. The number of piperidine rings is 2.